The second-order valence-electron chi connectivity index (χ2n) is 17.9. The molecule has 8 rings (SSSR count). The highest BCUT2D eigenvalue weighted by Crippen LogP contribution is 2.28. The molecular weight excluding hydrogens is 880 g/mol. The Morgan fingerprint density at radius 2 is 1.04 bits per heavy atom. The maximum Gasteiger partial charge on any atom is 0.224 e. The minimum atomic E-state index is -0.336. The van der Waals surface area contributed by atoms with Crippen LogP contribution in [0.5, 0.6) is 0 Å². The summed E-state index contributed by atoms with van der Waals surface area (Å²) in [5.41, 5.74) is 21.3. The van der Waals surface area contributed by atoms with Crippen LogP contribution in [0.15, 0.2) is 97.6 Å². The molecule has 2 aliphatic heterocycles. The number of carbonyl (C=O) groups is 2. The van der Waals surface area contributed by atoms with E-state index in [1.807, 2.05) is 74.8 Å². The van der Waals surface area contributed by atoms with Gasteiger partial charge in [-0.05, 0) is 144 Å². The van der Waals surface area contributed by atoms with Crippen molar-refractivity contribution >= 4 is 35.0 Å². The summed E-state index contributed by atoms with van der Waals surface area (Å²) in [6.45, 7) is 8.04. The number of hydrogen-bond donors (Lipinski definition) is 3. The van der Waals surface area contributed by atoms with Gasteiger partial charge in [0.15, 0.2) is 0 Å². The number of benzene rings is 2. The number of nitrogens with zero attached hydrogens (tertiary/aromatic N) is 7. The number of halogens is 2. The van der Waals surface area contributed by atoms with Crippen LogP contribution >= 0.6 is 23.2 Å². The van der Waals surface area contributed by atoms with Crippen LogP contribution in [0.1, 0.15) is 131 Å². The average Bonchev–Trinajstić information content (AvgIpc) is 3.35. The first-order chi connectivity index (χ1) is 32.4. The van der Waals surface area contributed by atoms with Crippen LogP contribution in [-0.2, 0) is 48.1 Å². The Labute approximate surface area is 404 Å². The number of rotatable bonds is 16. The molecule has 0 aliphatic carbocycles. The molecule has 0 bridgehead atoms. The summed E-state index contributed by atoms with van der Waals surface area (Å²) in [4.78, 5) is 53.6. The minimum absolute atomic E-state index is 0.328. The molecule has 350 valence electrons. The normalized spacial score (nSPS) is 15.6. The Hall–Kier alpha value is -5.66. The zero-order valence-corrected chi connectivity index (χ0v) is 40.3. The largest absolute Gasteiger partial charge is 0.369 e. The number of aromatic nitrogens is 6. The number of amides is 2. The van der Waals surface area contributed by atoms with E-state index in [4.69, 9.17) is 54.6 Å². The Kier molecular flexibility index (Phi) is 17.5. The zero-order chi connectivity index (χ0) is 47.3. The van der Waals surface area contributed by atoms with E-state index >= 15 is 0 Å². The van der Waals surface area contributed by atoms with E-state index in [0.717, 1.165) is 121 Å². The van der Waals surface area contributed by atoms with E-state index in [-0.39, 0.29) is 23.7 Å². The fourth-order valence-corrected chi connectivity index (χ4v) is 9.31. The van der Waals surface area contributed by atoms with E-state index in [9.17, 15) is 9.59 Å². The maximum atomic E-state index is 11.7. The third kappa shape index (κ3) is 13.7. The van der Waals surface area contributed by atoms with Gasteiger partial charge >= 0.3 is 0 Å². The highest BCUT2D eigenvalue weighted by atomic mass is 35.5. The monoisotopic (exact) mass is 940 g/mol. The number of primary amides is 2. The van der Waals surface area contributed by atoms with Gasteiger partial charge in [-0.15, -0.1) is 0 Å². The maximum absolute atomic E-state index is 11.7. The summed E-state index contributed by atoms with van der Waals surface area (Å²) in [7, 11) is 2.17. The summed E-state index contributed by atoms with van der Waals surface area (Å²) in [6.07, 6.45) is 15.8. The number of aryl methyl sites for hydroxylation is 4. The lowest BCUT2D eigenvalue weighted by atomic mass is 9.92. The number of nitrogens with two attached hydrogens (primary N) is 2. The summed E-state index contributed by atoms with van der Waals surface area (Å²) in [5.74, 6) is 1.21. The van der Waals surface area contributed by atoms with Crippen molar-refractivity contribution in [2.45, 2.75) is 102 Å². The molecule has 2 saturated heterocycles. The number of nitrogens with one attached hydrogen (secondary N) is 1. The van der Waals surface area contributed by atoms with Crippen molar-refractivity contribution in [2.24, 2.45) is 11.5 Å². The lowest BCUT2D eigenvalue weighted by molar-refractivity contribution is -0.119. The van der Waals surface area contributed by atoms with Crippen LogP contribution in [0.25, 0.3) is 0 Å². The summed E-state index contributed by atoms with van der Waals surface area (Å²) < 4.78 is 0. The molecule has 0 spiro atoms. The Morgan fingerprint density at radius 3 is 1.46 bits per heavy atom. The highest BCUT2D eigenvalue weighted by molar-refractivity contribution is 6.31. The molecule has 2 aromatic carbocycles. The van der Waals surface area contributed by atoms with Gasteiger partial charge in [0, 0.05) is 60.9 Å². The first-order valence-electron chi connectivity index (χ1n) is 23.5. The fourth-order valence-electron chi connectivity index (χ4n) is 8.94. The molecule has 14 heteroatoms. The van der Waals surface area contributed by atoms with Crippen LogP contribution in [-0.4, -0.2) is 79.8 Å². The van der Waals surface area contributed by atoms with Crippen LogP contribution in [0.2, 0.25) is 10.0 Å². The van der Waals surface area contributed by atoms with Crippen LogP contribution in [0.3, 0.4) is 0 Å². The molecule has 5 N–H and O–H groups in total. The van der Waals surface area contributed by atoms with Crippen molar-refractivity contribution in [1.29, 1.82) is 0 Å². The fraction of sp³-hybridized carbons (Fsp3) is 0.396. The van der Waals surface area contributed by atoms with Gasteiger partial charge in [0.25, 0.3) is 0 Å². The van der Waals surface area contributed by atoms with Gasteiger partial charge in [-0.1, -0.05) is 83.9 Å². The molecule has 2 aliphatic rings. The van der Waals surface area contributed by atoms with Crippen molar-refractivity contribution in [2.75, 3.05) is 33.2 Å². The number of hydrogen-bond acceptors (Lipinski definition) is 10. The van der Waals surface area contributed by atoms with Gasteiger partial charge in [-0.25, -0.2) is 19.9 Å². The molecule has 67 heavy (non-hydrogen) atoms. The number of likely N-dealkylation sites (tertiary alicyclic amines) is 1. The topological polar surface area (TPSA) is 179 Å². The first kappa shape index (κ1) is 49.3. The van der Waals surface area contributed by atoms with Gasteiger partial charge in [0.1, 0.15) is 11.6 Å². The molecule has 12 nitrogen and oxygen atoms in total. The zero-order valence-electron chi connectivity index (χ0n) is 38.8. The van der Waals surface area contributed by atoms with Crippen molar-refractivity contribution in [3.8, 4) is 0 Å². The van der Waals surface area contributed by atoms with Gasteiger partial charge in [0.2, 0.25) is 11.8 Å². The van der Waals surface area contributed by atoms with E-state index in [0.29, 0.717) is 47.6 Å². The molecule has 2 atom stereocenters. The third-order valence-electron chi connectivity index (χ3n) is 13.2. The van der Waals surface area contributed by atoms with Crippen molar-refractivity contribution in [3.63, 3.8) is 0 Å². The predicted molar refractivity (Wildman–Crippen MR) is 265 cm³/mol. The van der Waals surface area contributed by atoms with Gasteiger partial charge in [-0.3, -0.25) is 19.6 Å². The SMILES string of the molecule is CC(C(N)=O)c1ccccc1CCc1nc(Cc2ccc(C3CCN(C)CC3)nc2)ncc1Cl.CC(C(N)=O)c1ccccc1CCc1nc(Cc2ccc(C3CCNCC3)nc2)ncc1Cl. The summed E-state index contributed by atoms with van der Waals surface area (Å²) in [6, 6.07) is 24.3. The number of piperidine rings is 2. The van der Waals surface area contributed by atoms with E-state index < -0.39 is 0 Å². The second-order valence-corrected chi connectivity index (χ2v) is 18.8. The predicted octanol–water partition coefficient (Wildman–Crippen LogP) is 8.26. The Balaban J connectivity index is 0.000000199. The van der Waals surface area contributed by atoms with Gasteiger partial charge in [-0.2, -0.15) is 0 Å². The molecule has 2 fully saturated rings. The van der Waals surface area contributed by atoms with Crippen molar-refractivity contribution in [1.82, 2.24) is 40.1 Å². The molecular formula is C53H62Cl2N10O2. The van der Waals surface area contributed by atoms with Crippen LogP contribution in [0.4, 0.5) is 0 Å². The van der Waals surface area contributed by atoms with Crippen molar-refractivity contribution in [3.05, 3.63) is 175 Å². The van der Waals surface area contributed by atoms with E-state index in [1.54, 1.807) is 12.4 Å². The molecule has 0 saturated carbocycles. The standard InChI is InChI=1S/C27H32ClN5O.C26H30ClN5O/c1-18(27(29)34)22-6-4-3-5-20(22)8-10-25-23(28)17-31-26(32-25)15-19-7-9-24(30-16-19)21-11-13-33(2)14-12-21;1-17(26(28)33)21-5-3-2-4-19(21)7-9-24-22(27)16-31-25(32-24)14-18-6-8-23(30-15-18)20-10-12-29-13-11-20/h3-7,9,16-18,21H,8,10-15H2,1-2H3,(H2,29,34);2-6,8,15-17,20,29H,7,9-14H2,1H3,(H2,28,33). The lowest BCUT2D eigenvalue weighted by Crippen LogP contribution is -2.29. The van der Waals surface area contributed by atoms with Gasteiger partial charge < -0.3 is 21.7 Å². The minimum Gasteiger partial charge on any atom is -0.369 e. The number of carbonyl (C=O) groups excluding carboxylic acids is 2. The molecule has 2 amide bonds. The van der Waals surface area contributed by atoms with E-state index in [1.165, 1.54) is 11.4 Å². The third-order valence-corrected chi connectivity index (χ3v) is 13.8. The van der Waals surface area contributed by atoms with E-state index in [2.05, 4.69) is 51.5 Å². The Bertz CT molecular complexity index is 2580. The molecule has 2 unspecified atom stereocenters. The summed E-state index contributed by atoms with van der Waals surface area (Å²) in [5, 5.41) is 4.51. The highest BCUT2D eigenvalue weighted by Gasteiger charge is 2.21. The average molecular weight is 942 g/mol. The summed E-state index contributed by atoms with van der Waals surface area (Å²) >= 11 is 12.8. The molecule has 4 aromatic heterocycles. The quantitative estimate of drug-likeness (QED) is 0.0856. The number of pyridine rings is 2. The second kappa shape index (κ2) is 23.9. The molecule has 0 radical (unpaired) electrons. The molecule has 6 heterocycles. The Morgan fingerprint density at radius 1 is 0.612 bits per heavy atom. The first-order valence-corrected chi connectivity index (χ1v) is 24.2. The van der Waals surface area contributed by atoms with Gasteiger partial charge in [0.05, 0.1) is 33.3 Å². The van der Waals surface area contributed by atoms with Crippen LogP contribution < -0.4 is 16.8 Å². The molecule has 6 aromatic rings. The van der Waals surface area contributed by atoms with Crippen LogP contribution in [0, 0.1) is 0 Å². The lowest BCUT2D eigenvalue weighted by Gasteiger charge is -2.28. The smallest absolute Gasteiger partial charge is 0.224 e. The van der Waals surface area contributed by atoms with Crippen molar-refractivity contribution < 1.29 is 9.59 Å².